The molecule has 2 heteroatoms. The molecule has 0 radical (unpaired) electrons. The molecule has 0 fully saturated rings. The summed E-state index contributed by atoms with van der Waals surface area (Å²) in [6.45, 7) is 3.09. The molecule has 0 saturated carbocycles. The smallest absolute Gasteiger partial charge is 0.0270 e. The third-order valence-corrected chi connectivity index (χ3v) is 2.94. The van der Waals surface area contributed by atoms with Crippen molar-refractivity contribution in [2.24, 2.45) is 0 Å². The molecule has 1 heterocycles. The highest BCUT2D eigenvalue weighted by Crippen LogP contribution is 2.15. The van der Waals surface area contributed by atoms with Gasteiger partial charge in [-0.2, -0.15) is 0 Å². The Morgan fingerprint density at radius 1 is 1.06 bits per heavy atom. The van der Waals surface area contributed by atoms with E-state index in [9.17, 15) is 0 Å². The second kappa shape index (κ2) is 5.60. The minimum absolute atomic E-state index is 0.920. The third kappa shape index (κ3) is 3.14. The van der Waals surface area contributed by atoms with E-state index in [0.717, 1.165) is 13.0 Å². The average Bonchev–Trinajstić information content (AvgIpc) is 2.35. The monoisotopic (exact) mass is 226 g/mol. The molecule has 1 N–H and O–H groups in total. The standard InChI is InChI=1S/C15H18N2/c1-12-3-4-14(11-16-2)10-15(12)9-13-5-7-17-8-6-13/h3-8,10,16H,9,11H2,1-2H3. The highest BCUT2D eigenvalue weighted by molar-refractivity contribution is 5.35. The molecule has 0 aliphatic carbocycles. The van der Waals surface area contributed by atoms with E-state index in [0.29, 0.717) is 0 Å². The Labute approximate surface area is 103 Å². The maximum Gasteiger partial charge on any atom is 0.0270 e. The molecule has 0 bridgehead atoms. The van der Waals surface area contributed by atoms with Gasteiger partial charge in [0.2, 0.25) is 0 Å². The minimum atomic E-state index is 0.920. The normalized spacial score (nSPS) is 10.5. The molecule has 1 aromatic heterocycles. The fourth-order valence-corrected chi connectivity index (χ4v) is 1.95. The van der Waals surface area contributed by atoms with Gasteiger partial charge in [-0.3, -0.25) is 4.98 Å². The Morgan fingerprint density at radius 3 is 2.53 bits per heavy atom. The average molecular weight is 226 g/mol. The molecule has 2 nitrogen and oxygen atoms in total. The van der Waals surface area contributed by atoms with Crippen LogP contribution < -0.4 is 5.32 Å². The van der Waals surface area contributed by atoms with Crippen LogP contribution in [0.1, 0.15) is 22.3 Å². The Hall–Kier alpha value is -1.67. The topological polar surface area (TPSA) is 24.9 Å². The lowest BCUT2D eigenvalue weighted by molar-refractivity contribution is 0.815. The van der Waals surface area contributed by atoms with Crippen molar-refractivity contribution in [2.75, 3.05) is 7.05 Å². The van der Waals surface area contributed by atoms with E-state index in [2.05, 4.69) is 47.6 Å². The maximum absolute atomic E-state index is 4.05. The van der Waals surface area contributed by atoms with Crippen LogP contribution in [-0.2, 0) is 13.0 Å². The molecule has 0 aliphatic rings. The lowest BCUT2D eigenvalue weighted by atomic mass is 9.99. The molecule has 0 atom stereocenters. The van der Waals surface area contributed by atoms with Gasteiger partial charge in [0.25, 0.3) is 0 Å². The molecule has 0 unspecified atom stereocenters. The molecule has 0 spiro atoms. The number of nitrogens with one attached hydrogen (secondary N) is 1. The van der Waals surface area contributed by atoms with Gasteiger partial charge in [0.15, 0.2) is 0 Å². The lowest BCUT2D eigenvalue weighted by Crippen LogP contribution is -2.06. The molecule has 0 aliphatic heterocycles. The molecule has 88 valence electrons. The number of nitrogens with zero attached hydrogens (tertiary/aromatic N) is 1. The van der Waals surface area contributed by atoms with Crippen molar-refractivity contribution in [3.63, 3.8) is 0 Å². The fourth-order valence-electron chi connectivity index (χ4n) is 1.95. The van der Waals surface area contributed by atoms with E-state index < -0.39 is 0 Å². The molecule has 2 rings (SSSR count). The van der Waals surface area contributed by atoms with Crippen LogP contribution in [0.5, 0.6) is 0 Å². The second-order valence-electron chi connectivity index (χ2n) is 4.32. The summed E-state index contributed by atoms with van der Waals surface area (Å²) >= 11 is 0. The number of pyridine rings is 1. The van der Waals surface area contributed by atoms with Crippen LogP contribution in [0.15, 0.2) is 42.7 Å². The first-order chi connectivity index (χ1) is 8.29. The molecule has 17 heavy (non-hydrogen) atoms. The van der Waals surface area contributed by atoms with Crippen LogP contribution in [0.3, 0.4) is 0 Å². The molecule has 0 saturated heterocycles. The second-order valence-corrected chi connectivity index (χ2v) is 4.32. The van der Waals surface area contributed by atoms with Crippen molar-refractivity contribution < 1.29 is 0 Å². The van der Waals surface area contributed by atoms with Crippen LogP contribution in [0.4, 0.5) is 0 Å². The predicted molar refractivity (Wildman–Crippen MR) is 71.0 cm³/mol. The van der Waals surface area contributed by atoms with Crippen molar-refractivity contribution in [3.05, 3.63) is 65.0 Å². The van der Waals surface area contributed by atoms with Crippen molar-refractivity contribution >= 4 is 0 Å². The highest BCUT2D eigenvalue weighted by Gasteiger charge is 2.01. The molecular formula is C15H18N2. The first-order valence-corrected chi connectivity index (χ1v) is 5.91. The summed E-state index contributed by atoms with van der Waals surface area (Å²) in [4.78, 5) is 4.05. The van der Waals surface area contributed by atoms with Crippen molar-refractivity contribution in [2.45, 2.75) is 19.9 Å². The van der Waals surface area contributed by atoms with Gasteiger partial charge in [0.05, 0.1) is 0 Å². The van der Waals surface area contributed by atoms with E-state index in [4.69, 9.17) is 0 Å². The van der Waals surface area contributed by atoms with Gasteiger partial charge in [-0.25, -0.2) is 0 Å². The van der Waals surface area contributed by atoms with Gasteiger partial charge in [-0.15, -0.1) is 0 Å². The molecule has 1 aromatic carbocycles. The molecule has 2 aromatic rings. The largest absolute Gasteiger partial charge is 0.316 e. The molecular weight excluding hydrogens is 208 g/mol. The van der Waals surface area contributed by atoms with E-state index in [1.165, 1.54) is 22.3 Å². The van der Waals surface area contributed by atoms with Crippen molar-refractivity contribution in [1.82, 2.24) is 10.3 Å². The zero-order valence-electron chi connectivity index (χ0n) is 10.4. The lowest BCUT2D eigenvalue weighted by Gasteiger charge is -2.09. The number of hydrogen-bond acceptors (Lipinski definition) is 2. The van der Waals surface area contributed by atoms with Gasteiger partial charge in [0, 0.05) is 18.9 Å². The number of benzene rings is 1. The summed E-state index contributed by atoms with van der Waals surface area (Å²) in [5.74, 6) is 0. The first kappa shape index (κ1) is 11.8. The predicted octanol–water partition coefficient (Wildman–Crippen LogP) is 2.70. The Balaban J connectivity index is 2.22. The summed E-state index contributed by atoms with van der Waals surface area (Å²) in [5.41, 5.74) is 5.39. The quantitative estimate of drug-likeness (QED) is 0.867. The number of rotatable bonds is 4. The zero-order valence-corrected chi connectivity index (χ0v) is 10.4. The first-order valence-electron chi connectivity index (χ1n) is 5.91. The Morgan fingerprint density at radius 2 is 1.82 bits per heavy atom. The van der Waals surface area contributed by atoms with Crippen LogP contribution >= 0.6 is 0 Å². The summed E-state index contributed by atoms with van der Waals surface area (Å²) in [7, 11) is 1.97. The Kier molecular flexibility index (Phi) is 3.89. The maximum atomic E-state index is 4.05. The molecule has 0 amide bonds. The van der Waals surface area contributed by atoms with Crippen LogP contribution in [-0.4, -0.2) is 12.0 Å². The van der Waals surface area contributed by atoms with Crippen molar-refractivity contribution in [3.8, 4) is 0 Å². The van der Waals surface area contributed by atoms with Crippen LogP contribution in [0.2, 0.25) is 0 Å². The summed E-state index contributed by atoms with van der Waals surface area (Å²) < 4.78 is 0. The number of aryl methyl sites for hydroxylation is 1. The fraction of sp³-hybridized carbons (Fsp3) is 0.267. The van der Waals surface area contributed by atoms with Gasteiger partial charge in [0.1, 0.15) is 0 Å². The summed E-state index contributed by atoms with van der Waals surface area (Å²) in [6.07, 6.45) is 4.68. The highest BCUT2D eigenvalue weighted by atomic mass is 14.8. The van der Waals surface area contributed by atoms with E-state index in [1.54, 1.807) is 0 Å². The Bertz CT molecular complexity index is 478. The summed E-state index contributed by atoms with van der Waals surface area (Å²) in [6, 6.07) is 10.8. The van der Waals surface area contributed by atoms with Gasteiger partial charge < -0.3 is 5.32 Å². The van der Waals surface area contributed by atoms with E-state index in [1.807, 2.05) is 19.4 Å². The SMILES string of the molecule is CNCc1ccc(C)c(Cc2ccncc2)c1. The van der Waals surface area contributed by atoms with Crippen LogP contribution in [0, 0.1) is 6.92 Å². The number of hydrogen-bond donors (Lipinski definition) is 1. The van der Waals surface area contributed by atoms with Gasteiger partial charge >= 0.3 is 0 Å². The van der Waals surface area contributed by atoms with E-state index in [-0.39, 0.29) is 0 Å². The van der Waals surface area contributed by atoms with Crippen LogP contribution in [0.25, 0.3) is 0 Å². The van der Waals surface area contributed by atoms with Crippen molar-refractivity contribution in [1.29, 1.82) is 0 Å². The van der Waals surface area contributed by atoms with Gasteiger partial charge in [-0.05, 0) is 54.8 Å². The van der Waals surface area contributed by atoms with Gasteiger partial charge in [-0.1, -0.05) is 18.2 Å². The summed E-state index contributed by atoms with van der Waals surface area (Å²) in [5, 5.41) is 3.18. The minimum Gasteiger partial charge on any atom is -0.316 e. The van der Waals surface area contributed by atoms with E-state index >= 15 is 0 Å². The number of aromatic nitrogens is 1. The zero-order chi connectivity index (χ0) is 12.1. The third-order valence-electron chi connectivity index (χ3n) is 2.94.